The second-order valence-corrected chi connectivity index (χ2v) is 3.71. The normalized spacial score (nSPS) is 10.8. The smallest absolute Gasteiger partial charge is 0.159 e. The maximum Gasteiger partial charge on any atom is 0.159 e. The second-order valence-electron chi connectivity index (χ2n) is 3.30. The van der Waals surface area contributed by atoms with Crippen LogP contribution in [0.3, 0.4) is 0 Å². The first-order valence-corrected chi connectivity index (χ1v) is 4.97. The highest BCUT2D eigenvalue weighted by Gasteiger charge is 2.10. The quantitative estimate of drug-likeness (QED) is 0.873. The fourth-order valence-electron chi connectivity index (χ4n) is 1.34. The molecule has 0 aliphatic rings. The summed E-state index contributed by atoms with van der Waals surface area (Å²) in [4.78, 5) is 3.88. The van der Waals surface area contributed by atoms with Gasteiger partial charge in [0.15, 0.2) is 5.82 Å². The molecule has 0 saturated heterocycles. The minimum Gasteiger partial charge on any atom is -0.392 e. The van der Waals surface area contributed by atoms with Crippen LogP contribution in [0.2, 0.25) is 5.02 Å². The van der Waals surface area contributed by atoms with E-state index in [1.165, 1.54) is 10.7 Å². The molecule has 6 heteroatoms. The molecular weight excluding hydrogens is 233 g/mol. The molecule has 0 fully saturated rings. The molecule has 16 heavy (non-hydrogen) atoms. The van der Waals surface area contributed by atoms with Crippen LogP contribution in [0, 0.1) is 12.7 Å². The zero-order valence-electron chi connectivity index (χ0n) is 8.48. The van der Waals surface area contributed by atoms with Gasteiger partial charge in [-0.3, -0.25) is 0 Å². The zero-order valence-corrected chi connectivity index (χ0v) is 9.24. The molecular formula is C10H9ClFN3O. The Labute approximate surface area is 96.3 Å². The van der Waals surface area contributed by atoms with Crippen LogP contribution in [-0.2, 0) is 6.61 Å². The first-order chi connectivity index (χ1) is 7.61. The number of aliphatic hydroxyl groups excluding tert-OH is 1. The molecule has 0 spiro atoms. The van der Waals surface area contributed by atoms with Gasteiger partial charge in [-0.1, -0.05) is 11.6 Å². The number of halogens is 2. The molecule has 0 bridgehead atoms. The Morgan fingerprint density at radius 3 is 2.88 bits per heavy atom. The van der Waals surface area contributed by atoms with E-state index in [-0.39, 0.29) is 6.61 Å². The fraction of sp³-hybridized carbons (Fsp3) is 0.200. The predicted octanol–water partition coefficient (Wildman–Crippen LogP) is 1.86. The SMILES string of the molecule is Cc1nn(-c2ncc(F)cc2CO)cc1Cl. The molecule has 0 atom stereocenters. The largest absolute Gasteiger partial charge is 0.392 e. The van der Waals surface area contributed by atoms with Crippen molar-refractivity contribution in [1.82, 2.24) is 14.8 Å². The molecule has 0 aliphatic carbocycles. The van der Waals surface area contributed by atoms with Crippen molar-refractivity contribution in [2.45, 2.75) is 13.5 Å². The standard InChI is InChI=1S/C10H9ClFN3O/c1-6-9(11)4-15(14-6)10-7(5-16)2-8(12)3-13-10/h2-4,16H,5H2,1H3. The van der Waals surface area contributed by atoms with Crippen molar-refractivity contribution in [1.29, 1.82) is 0 Å². The number of aromatic nitrogens is 3. The first kappa shape index (κ1) is 11.0. The highest BCUT2D eigenvalue weighted by atomic mass is 35.5. The van der Waals surface area contributed by atoms with Crippen LogP contribution >= 0.6 is 11.6 Å². The minimum absolute atomic E-state index is 0.309. The number of hydrogen-bond acceptors (Lipinski definition) is 3. The molecule has 2 rings (SSSR count). The van der Waals surface area contributed by atoms with Crippen LogP contribution in [0.1, 0.15) is 11.3 Å². The van der Waals surface area contributed by atoms with Crippen molar-refractivity contribution < 1.29 is 9.50 Å². The van der Waals surface area contributed by atoms with Crippen molar-refractivity contribution in [3.05, 3.63) is 40.6 Å². The minimum atomic E-state index is -0.497. The predicted molar refractivity (Wildman–Crippen MR) is 57.0 cm³/mol. The molecule has 2 heterocycles. The van der Waals surface area contributed by atoms with Crippen LogP contribution in [-0.4, -0.2) is 19.9 Å². The Bertz CT molecular complexity index is 507. The van der Waals surface area contributed by atoms with Crippen molar-refractivity contribution in [3.63, 3.8) is 0 Å². The summed E-state index contributed by atoms with van der Waals surface area (Å²) in [5.41, 5.74) is 1.01. The Morgan fingerprint density at radius 2 is 2.31 bits per heavy atom. The molecule has 0 amide bonds. The van der Waals surface area contributed by atoms with Gasteiger partial charge in [-0.2, -0.15) is 5.10 Å². The highest BCUT2D eigenvalue weighted by molar-refractivity contribution is 6.31. The second kappa shape index (κ2) is 4.19. The number of hydrogen-bond donors (Lipinski definition) is 1. The van der Waals surface area contributed by atoms with E-state index in [1.807, 2.05) is 0 Å². The Balaban J connectivity index is 2.55. The van der Waals surface area contributed by atoms with Gasteiger partial charge in [0.1, 0.15) is 5.82 Å². The van der Waals surface area contributed by atoms with Crippen molar-refractivity contribution in [3.8, 4) is 5.82 Å². The van der Waals surface area contributed by atoms with Gasteiger partial charge in [0.25, 0.3) is 0 Å². The summed E-state index contributed by atoms with van der Waals surface area (Å²) in [7, 11) is 0. The van der Waals surface area contributed by atoms with Gasteiger partial charge in [-0.15, -0.1) is 0 Å². The average molecular weight is 242 g/mol. The van der Waals surface area contributed by atoms with Crippen LogP contribution in [0.5, 0.6) is 0 Å². The van der Waals surface area contributed by atoms with Gasteiger partial charge in [-0.05, 0) is 13.0 Å². The van der Waals surface area contributed by atoms with Crippen molar-refractivity contribution in [2.24, 2.45) is 0 Å². The van der Waals surface area contributed by atoms with E-state index >= 15 is 0 Å². The third-order valence-electron chi connectivity index (χ3n) is 2.14. The van der Waals surface area contributed by atoms with Gasteiger partial charge >= 0.3 is 0 Å². The van der Waals surface area contributed by atoms with E-state index in [1.54, 1.807) is 13.1 Å². The summed E-state index contributed by atoms with van der Waals surface area (Å²) < 4.78 is 14.3. The molecule has 0 aliphatic heterocycles. The molecule has 1 N–H and O–H groups in total. The topological polar surface area (TPSA) is 50.9 Å². The lowest BCUT2D eigenvalue weighted by Gasteiger charge is -2.05. The molecule has 4 nitrogen and oxygen atoms in total. The monoisotopic (exact) mass is 241 g/mol. The maximum absolute atomic E-state index is 12.9. The van der Waals surface area contributed by atoms with E-state index in [0.29, 0.717) is 22.1 Å². The molecule has 0 unspecified atom stereocenters. The van der Waals surface area contributed by atoms with Crippen molar-refractivity contribution in [2.75, 3.05) is 0 Å². The number of aryl methyl sites for hydroxylation is 1. The average Bonchev–Trinajstić information content (AvgIpc) is 2.59. The lowest BCUT2D eigenvalue weighted by Crippen LogP contribution is -2.04. The summed E-state index contributed by atoms with van der Waals surface area (Å²) in [6.45, 7) is 1.44. The lowest BCUT2D eigenvalue weighted by atomic mass is 10.2. The molecule has 2 aromatic rings. The van der Waals surface area contributed by atoms with Crippen molar-refractivity contribution >= 4 is 11.6 Å². The Kier molecular flexibility index (Phi) is 2.89. The number of aliphatic hydroxyl groups is 1. The summed E-state index contributed by atoms with van der Waals surface area (Å²) in [5.74, 6) is -0.123. The van der Waals surface area contributed by atoms with Crippen LogP contribution in [0.15, 0.2) is 18.5 Å². The molecule has 84 valence electrons. The zero-order chi connectivity index (χ0) is 11.7. The number of nitrogens with zero attached hydrogens (tertiary/aromatic N) is 3. The summed E-state index contributed by atoms with van der Waals surface area (Å²) in [5, 5.41) is 13.7. The maximum atomic E-state index is 12.9. The number of rotatable bonds is 2. The van der Waals surface area contributed by atoms with E-state index in [2.05, 4.69) is 10.1 Å². The molecule has 0 radical (unpaired) electrons. The van der Waals surface area contributed by atoms with Gasteiger partial charge in [-0.25, -0.2) is 14.1 Å². The van der Waals surface area contributed by atoms with Gasteiger partial charge in [0.2, 0.25) is 0 Å². The Morgan fingerprint density at radius 1 is 1.56 bits per heavy atom. The van der Waals surface area contributed by atoms with E-state index < -0.39 is 5.82 Å². The summed E-state index contributed by atoms with van der Waals surface area (Å²) >= 11 is 5.86. The van der Waals surface area contributed by atoms with E-state index in [4.69, 9.17) is 16.7 Å². The third-order valence-corrected chi connectivity index (χ3v) is 2.51. The van der Waals surface area contributed by atoms with Crippen LogP contribution < -0.4 is 0 Å². The van der Waals surface area contributed by atoms with Gasteiger partial charge < -0.3 is 5.11 Å². The molecule has 0 saturated carbocycles. The third kappa shape index (κ3) is 1.91. The van der Waals surface area contributed by atoms with Gasteiger partial charge in [0.05, 0.1) is 29.7 Å². The Hall–Kier alpha value is -1.46. The lowest BCUT2D eigenvalue weighted by molar-refractivity contribution is 0.280. The molecule has 0 aromatic carbocycles. The van der Waals surface area contributed by atoms with E-state index in [0.717, 1.165) is 6.20 Å². The van der Waals surface area contributed by atoms with Crippen LogP contribution in [0.25, 0.3) is 5.82 Å². The van der Waals surface area contributed by atoms with Crippen LogP contribution in [0.4, 0.5) is 4.39 Å². The van der Waals surface area contributed by atoms with E-state index in [9.17, 15) is 4.39 Å². The number of pyridine rings is 1. The van der Waals surface area contributed by atoms with Gasteiger partial charge in [0, 0.05) is 5.56 Å². The highest BCUT2D eigenvalue weighted by Crippen LogP contribution is 2.18. The summed E-state index contributed by atoms with van der Waals surface area (Å²) in [6.07, 6.45) is 2.63. The first-order valence-electron chi connectivity index (χ1n) is 4.59. The fourth-order valence-corrected chi connectivity index (χ4v) is 1.47. The summed E-state index contributed by atoms with van der Waals surface area (Å²) in [6, 6.07) is 1.22. The molecule has 2 aromatic heterocycles.